The van der Waals surface area contributed by atoms with Crippen LogP contribution in [0.1, 0.15) is 36.5 Å². The third kappa shape index (κ3) is 2.39. The lowest BCUT2D eigenvalue weighted by molar-refractivity contribution is -0.385. The highest BCUT2D eigenvalue weighted by molar-refractivity contribution is 6.26. The summed E-state index contributed by atoms with van der Waals surface area (Å²) in [7, 11) is 0. The molecule has 4 aliphatic rings. The van der Waals surface area contributed by atoms with Crippen LogP contribution >= 0.6 is 0 Å². The number of nitrogens with zero attached hydrogens (tertiary/aromatic N) is 3. The molecule has 2 aromatic rings. The Balaban J connectivity index is 1.53. The summed E-state index contributed by atoms with van der Waals surface area (Å²) >= 11 is 0. The SMILES string of the molecule is CCc1ccc2c(c1)[C@@]1(C(=O)N2)[C@@H]2C(=O)N(c3ccc(C)c([N+](=O)[O-])c3)C(=O)[C@@H]2[C@H]2CCCN21. The van der Waals surface area contributed by atoms with Crippen LogP contribution in [0.3, 0.4) is 0 Å². The number of fused-ring (bicyclic) bond motifs is 7. The van der Waals surface area contributed by atoms with E-state index in [1.807, 2.05) is 25.1 Å². The van der Waals surface area contributed by atoms with Gasteiger partial charge in [0.15, 0.2) is 0 Å². The third-order valence-corrected chi connectivity index (χ3v) is 8.11. The summed E-state index contributed by atoms with van der Waals surface area (Å²) in [4.78, 5) is 55.6. The second kappa shape index (κ2) is 6.96. The van der Waals surface area contributed by atoms with Gasteiger partial charge in [-0.15, -0.1) is 0 Å². The number of carbonyl (C=O) groups is 3. The van der Waals surface area contributed by atoms with E-state index >= 15 is 0 Å². The van der Waals surface area contributed by atoms with Crippen LogP contribution in [0.15, 0.2) is 36.4 Å². The van der Waals surface area contributed by atoms with Crippen molar-refractivity contribution in [1.82, 2.24) is 4.90 Å². The molecule has 0 unspecified atom stereocenters. The van der Waals surface area contributed by atoms with E-state index in [0.717, 1.165) is 35.3 Å². The van der Waals surface area contributed by atoms with Gasteiger partial charge in [-0.1, -0.05) is 25.1 Å². The molecule has 4 aliphatic heterocycles. The monoisotopic (exact) mass is 460 g/mol. The molecule has 4 atom stereocenters. The van der Waals surface area contributed by atoms with Crippen molar-refractivity contribution in [3.05, 3.63) is 63.2 Å². The Bertz CT molecular complexity index is 1310. The van der Waals surface area contributed by atoms with Crippen LogP contribution in [0.25, 0.3) is 0 Å². The molecule has 0 aromatic heterocycles. The standard InChI is InChI=1S/C25H24N4O5/c1-3-14-7-9-17-16(11-14)25(24(32)26-17)21-20(18-5-4-10-27(18)25)22(30)28(23(21)31)15-8-6-13(2)19(12-15)29(33)34/h6-9,11-12,18,20-21H,3-5,10H2,1-2H3,(H,26,32)/t18-,20-,21+,25+/m1/s1. The molecule has 0 bridgehead atoms. The molecule has 0 saturated carbocycles. The van der Waals surface area contributed by atoms with Crippen molar-refractivity contribution in [3.63, 3.8) is 0 Å². The second-order valence-corrected chi connectivity index (χ2v) is 9.60. The van der Waals surface area contributed by atoms with E-state index in [4.69, 9.17) is 0 Å². The fraction of sp³-hybridized carbons (Fsp3) is 0.400. The Morgan fingerprint density at radius 1 is 1.15 bits per heavy atom. The van der Waals surface area contributed by atoms with Gasteiger partial charge in [0.1, 0.15) is 5.54 Å². The molecule has 0 aliphatic carbocycles. The summed E-state index contributed by atoms with van der Waals surface area (Å²) < 4.78 is 0. The van der Waals surface area contributed by atoms with Gasteiger partial charge < -0.3 is 5.32 Å². The zero-order valence-electron chi connectivity index (χ0n) is 18.9. The predicted octanol–water partition coefficient (Wildman–Crippen LogP) is 2.90. The molecular formula is C25H24N4O5. The number of imide groups is 1. The summed E-state index contributed by atoms with van der Waals surface area (Å²) in [5.41, 5.74) is 1.72. The number of aryl methyl sites for hydroxylation is 2. The Labute approximate surface area is 195 Å². The average Bonchev–Trinajstić information content (AvgIpc) is 3.52. The molecule has 3 fully saturated rings. The van der Waals surface area contributed by atoms with Crippen molar-refractivity contribution in [2.24, 2.45) is 11.8 Å². The number of hydrogen-bond donors (Lipinski definition) is 1. The normalized spacial score (nSPS) is 29.5. The molecule has 1 N–H and O–H groups in total. The van der Waals surface area contributed by atoms with Gasteiger partial charge in [-0.05, 0) is 50.4 Å². The number of benzene rings is 2. The number of rotatable bonds is 3. The molecule has 0 radical (unpaired) electrons. The number of nitro benzene ring substituents is 1. The molecule has 3 saturated heterocycles. The van der Waals surface area contributed by atoms with Crippen LogP contribution in [0.4, 0.5) is 17.1 Å². The summed E-state index contributed by atoms with van der Waals surface area (Å²) in [5, 5.41) is 14.5. The predicted molar refractivity (Wildman–Crippen MR) is 123 cm³/mol. The van der Waals surface area contributed by atoms with Gasteiger partial charge in [0.05, 0.1) is 22.4 Å². The van der Waals surface area contributed by atoms with E-state index in [0.29, 0.717) is 17.8 Å². The van der Waals surface area contributed by atoms with Gasteiger partial charge in [-0.25, -0.2) is 4.90 Å². The van der Waals surface area contributed by atoms with E-state index in [2.05, 4.69) is 10.2 Å². The Hall–Kier alpha value is -3.59. The van der Waals surface area contributed by atoms with Crippen LogP contribution in [0, 0.1) is 28.9 Å². The lowest BCUT2D eigenvalue weighted by atomic mass is 9.75. The third-order valence-electron chi connectivity index (χ3n) is 8.11. The fourth-order valence-electron chi connectivity index (χ4n) is 6.66. The number of amides is 3. The molecule has 6 rings (SSSR count). The molecule has 9 nitrogen and oxygen atoms in total. The lowest BCUT2D eigenvalue weighted by Gasteiger charge is -2.36. The molecule has 3 amide bonds. The first kappa shape index (κ1) is 21.0. The zero-order chi connectivity index (χ0) is 23.9. The molecule has 2 aromatic carbocycles. The van der Waals surface area contributed by atoms with Crippen molar-refractivity contribution < 1.29 is 19.3 Å². The van der Waals surface area contributed by atoms with Crippen molar-refractivity contribution >= 4 is 34.8 Å². The van der Waals surface area contributed by atoms with Gasteiger partial charge >= 0.3 is 0 Å². The van der Waals surface area contributed by atoms with Gasteiger partial charge in [-0.3, -0.25) is 29.4 Å². The van der Waals surface area contributed by atoms with Crippen molar-refractivity contribution in [1.29, 1.82) is 0 Å². The van der Waals surface area contributed by atoms with Gasteiger partial charge in [0.25, 0.3) is 5.69 Å². The molecule has 4 heterocycles. The number of anilines is 2. The van der Waals surface area contributed by atoms with E-state index in [9.17, 15) is 24.5 Å². The highest BCUT2D eigenvalue weighted by Gasteiger charge is 2.74. The van der Waals surface area contributed by atoms with Crippen molar-refractivity contribution in [2.75, 3.05) is 16.8 Å². The van der Waals surface area contributed by atoms with Crippen molar-refractivity contribution in [2.45, 2.75) is 44.7 Å². The summed E-state index contributed by atoms with van der Waals surface area (Å²) in [6.45, 7) is 4.28. The van der Waals surface area contributed by atoms with E-state index in [1.165, 1.54) is 6.07 Å². The highest BCUT2D eigenvalue weighted by Crippen LogP contribution is 2.60. The van der Waals surface area contributed by atoms with E-state index in [-0.39, 0.29) is 29.2 Å². The van der Waals surface area contributed by atoms with Crippen LogP contribution in [0.2, 0.25) is 0 Å². The minimum Gasteiger partial charge on any atom is -0.324 e. The lowest BCUT2D eigenvalue weighted by Crippen LogP contribution is -2.54. The van der Waals surface area contributed by atoms with Gasteiger partial charge in [-0.2, -0.15) is 0 Å². The highest BCUT2D eigenvalue weighted by atomic mass is 16.6. The van der Waals surface area contributed by atoms with Crippen LogP contribution in [0.5, 0.6) is 0 Å². The molecule has 9 heteroatoms. The number of nitro groups is 1. The topological polar surface area (TPSA) is 113 Å². The van der Waals surface area contributed by atoms with Crippen LogP contribution in [-0.4, -0.2) is 40.1 Å². The zero-order valence-corrected chi connectivity index (χ0v) is 18.9. The Morgan fingerprint density at radius 2 is 1.94 bits per heavy atom. The molecule has 174 valence electrons. The van der Waals surface area contributed by atoms with Crippen LogP contribution in [-0.2, 0) is 26.3 Å². The van der Waals surface area contributed by atoms with Gasteiger partial charge in [0, 0.05) is 28.9 Å². The minimum atomic E-state index is -1.25. The van der Waals surface area contributed by atoms with Gasteiger partial charge in [0.2, 0.25) is 17.7 Å². The van der Waals surface area contributed by atoms with Crippen LogP contribution < -0.4 is 10.2 Å². The second-order valence-electron chi connectivity index (χ2n) is 9.60. The summed E-state index contributed by atoms with van der Waals surface area (Å²) in [5.74, 6) is -2.66. The first-order valence-corrected chi connectivity index (χ1v) is 11.6. The Kier molecular flexibility index (Phi) is 4.29. The number of nitrogens with one attached hydrogen (secondary N) is 1. The van der Waals surface area contributed by atoms with E-state index < -0.39 is 28.2 Å². The number of carbonyl (C=O) groups excluding carboxylic acids is 3. The largest absolute Gasteiger partial charge is 0.324 e. The first-order valence-electron chi connectivity index (χ1n) is 11.6. The maximum absolute atomic E-state index is 14.0. The molecule has 34 heavy (non-hydrogen) atoms. The smallest absolute Gasteiger partial charge is 0.274 e. The maximum Gasteiger partial charge on any atom is 0.274 e. The minimum absolute atomic E-state index is 0.149. The fourth-order valence-corrected chi connectivity index (χ4v) is 6.66. The quantitative estimate of drug-likeness (QED) is 0.428. The molecule has 1 spiro atoms. The first-order chi connectivity index (χ1) is 16.3. The van der Waals surface area contributed by atoms with Crippen molar-refractivity contribution in [3.8, 4) is 0 Å². The Morgan fingerprint density at radius 3 is 2.68 bits per heavy atom. The molecular weight excluding hydrogens is 436 g/mol. The maximum atomic E-state index is 14.0. The van der Waals surface area contributed by atoms with E-state index in [1.54, 1.807) is 19.1 Å². The summed E-state index contributed by atoms with van der Waals surface area (Å²) in [6, 6.07) is 9.99. The number of hydrogen-bond acceptors (Lipinski definition) is 6. The average molecular weight is 460 g/mol. The summed E-state index contributed by atoms with van der Waals surface area (Å²) in [6.07, 6.45) is 2.34.